The second-order valence-corrected chi connectivity index (χ2v) is 7.68. The molecule has 4 nitrogen and oxygen atoms in total. The first-order valence-corrected chi connectivity index (χ1v) is 9.59. The first-order valence-electron chi connectivity index (χ1n) is 8.02. The van der Waals surface area contributed by atoms with Gasteiger partial charge in [0, 0.05) is 27.5 Å². The number of nitrogens with one attached hydrogen (secondary N) is 1. The molecule has 0 spiro atoms. The number of hydrogen-bond acceptors (Lipinski definition) is 4. The minimum absolute atomic E-state index is 0.112. The number of thiazole rings is 1. The minimum Gasteiger partial charge on any atom is -0.297 e. The van der Waals surface area contributed by atoms with Gasteiger partial charge in [-0.3, -0.25) is 10.1 Å². The summed E-state index contributed by atoms with van der Waals surface area (Å²) in [7, 11) is 0. The minimum atomic E-state index is -0.587. The van der Waals surface area contributed by atoms with E-state index in [0.717, 1.165) is 10.4 Å². The van der Waals surface area contributed by atoms with Gasteiger partial charge in [0.15, 0.2) is 5.13 Å². The molecule has 0 atom stereocenters. The molecule has 0 radical (unpaired) electrons. The van der Waals surface area contributed by atoms with E-state index in [1.807, 2.05) is 6.07 Å². The molecule has 1 aromatic heterocycles. The topological polar surface area (TPSA) is 65.8 Å². The van der Waals surface area contributed by atoms with Crippen LogP contribution in [0.2, 0.25) is 10.0 Å². The van der Waals surface area contributed by atoms with E-state index in [4.69, 9.17) is 23.2 Å². The number of aromatic nitrogens is 1. The Labute approximate surface area is 174 Å². The summed E-state index contributed by atoms with van der Waals surface area (Å²) in [6.07, 6.45) is 3.59. The number of rotatable bonds is 5. The number of anilines is 1. The van der Waals surface area contributed by atoms with E-state index >= 15 is 0 Å². The monoisotopic (exact) mass is 431 g/mol. The molecule has 0 aliphatic rings. The Bertz CT molecular complexity index is 1090. The molecule has 0 fully saturated rings. The average molecular weight is 432 g/mol. The van der Waals surface area contributed by atoms with Crippen molar-refractivity contribution < 1.29 is 9.18 Å². The summed E-state index contributed by atoms with van der Waals surface area (Å²) in [5.74, 6) is -0.881. The summed E-state index contributed by atoms with van der Waals surface area (Å²) in [6, 6.07) is 12.8. The molecule has 2 aromatic carbocycles. The Balaban J connectivity index is 1.71. The predicted octanol–water partition coefficient (Wildman–Crippen LogP) is 5.73. The lowest BCUT2D eigenvalue weighted by molar-refractivity contribution is -0.112. The third-order valence-electron chi connectivity index (χ3n) is 3.69. The van der Waals surface area contributed by atoms with Crippen molar-refractivity contribution >= 4 is 51.7 Å². The molecule has 3 rings (SSSR count). The Morgan fingerprint density at radius 3 is 2.68 bits per heavy atom. The quantitative estimate of drug-likeness (QED) is 0.414. The molecule has 1 amide bonds. The van der Waals surface area contributed by atoms with Crippen molar-refractivity contribution in [2.24, 2.45) is 0 Å². The Kier molecular flexibility index (Phi) is 6.42. The van der Waals surface area contributed by atoms with Crippen LogP contribution in [0.3, 0.4) is 0 Å². The van der Waals surface area contributed by atoms with E-state index in [-0.39, 0.29) is 11.4 Å². The number of carbonyl (C=O) groups excluding carboxylic acids is 1. The van der Waals surface area contributed by atoms with Crippen LogP contribution in [0, 0.1) is 17.1 Å². The first kappa shape index (κ1) is 20.0. The van der Waals surface area contributed by atoms with Crippen molar-refractivity contribution in [2.45, 2.75) is 6.42 Å². The van der Waals surface area contributed by atoms with Crippen LogP contribution in [0.5, 0.6) is 0 Å². The Morgan fingerprint density at radius 2 is 2.00 bits per heavy atom. The van der Waals surface area contributed by atoms with Gasteiger partial charge in [0.2, 0.25) is 0 Å². The molecule has 28 heavy (non-hydrogen) atoms. The van der Waals surface area contributed by atoms with Crippen molar-refractivity contribution in [2.75, 3.05) is 5.32 Å². The normalized spacial score (nSPS) is 11.1. The number of benzene rings is 2. The maximum absolute atomic E-state index is 13.0. The maximum Gasteiger partial charge on any atom is 0.268 e. The van der Waals surface area contributed by atoms with Crippen LogP contribution < -0.4 is 5.32 Å². The second-order valence-electron chi connectivity index (χ2n) is 5.72. The molecule has 140 valence electrons. The summed E-state index contributed by atoms with van der Waals surface area (Å²) >= 11 is 13.2. The summed E-state index contributed by atoms with van der Waals surface area (Å²) in [6.45, 7) is 0. The summed E-state index contributed by atoms with van der Waals surface area (Å²) < 4.78 is 13.0. The molecule has 1 N–H and O–H groups in total. The van der Waals surface area contributed by atoms with Crippen LogP contribution >= 0.6 is 34.5 Å². The highest BCUT2D eigenvalue weighted by Gasteiger charge is 2.13. The molecule has 1 heterocycles. The zero-order chi connectivity index (χ0) is 20.1. The SMILES string of the molecule is N#CC(=Cc1ccc(Cl)cc1Cl)C(=O)Nc1ncc(Cc2ccc(F)cc2)s1. The standard InChI is InChI=1S/C20H12Cl2FN3OS/c21-15-4-3-13(18(22)9-15)8-14(10-24)19(27)26-20-25-11-17(28-20)7-12-1-5-16(23)6-2-12/h1-6,8-9,11H,7H2,(H,25,26,27). The first-order chi connectivity index (χ1) is 13.4. The third kappa shape index (κ3) is 5.17. The summed E-state index contributed by atoms with van der Waals surface area (Å²) in [5.41, 5.74) is 1.33. The fraction of sp³-hybridized carbons (Fsp3) is 0.0500. The van der Waals surface area contributed by atoms with Crippen molar-refractivity contribution in [1.29, 1.82) is 5.26 Å². The fourth-order valence-corrected chi connectivity index (χ4v) is 3.64. The van der Waals surface area contributed by atoms with Gasteiger partial charge in [-0.15, -0.1) is 11.3 Å². The molecule has 3 aromatic rings. The van der Waals surface area contributed by atoms with E-state index in [1.54, 1.807) is 30.5 Å². The van der Waals surface area contributed by atoms with E-state index in [2.05, 4.69) is 10.3 Å². The number of carbonyl (C=O) groups is 1. The van der Waals surface area contributed by atoms with E-state index in [9.17, 15) is 14.4 Å². The van der Waals surface area contributed by atoms with Gasteiger partial charge in [-0.25, -0.2) is 9.37 Å². The largest absolute Gasteiger partial charge is 0.297 e. The highest BCUT2D eigenvalue weighted by molar-refractivity contribution is 7.15. The van der Waals surface area contributed by atoms with Gasteiger partial charge in [0.05, 0.1) is 0 Å². The van der Waals surface area contributed by atoms with Crippen LogP contribution in [0.4, 0.5) is 9.52 Å². The van der Waals surface area contributed by atoms with Crippen LogP contribution in [0.15, 0.2) is 54.2 Å². The molecular formula is C20H12Cl2FN3OS. The highest BCUT2D eigenvalue weighted by Crippen LogP contribution is 2.25. The van der Waals surface area contributed by atoms with Crippen LogP contribution in [-0.4, -0.2) is 10.9 Å². The Morgan fingerprint density at radius 1 is 1.25 bits per heavy atom. The number of halogens is 3. The van der Waals surface area contributed by atoms with Gasteiger partial charge in [-0.05, 0) is 41.5 Å². The Hall–Kier alpha value is -2.72. The predicted molar refractivity (Wildman–Crippen MR) is 110 cm³/mol. The van der Waals surface area contributed by atoms with Crippen molar-refractivity contribution in [3.63, 3.8) is 0 Å². The number of amides is 1. The lowest BCUT2D eigenvalue weighted by Crippen LogP contribution is -2.13. The molecule has 0 bridgehead atoms. The van der Waals surface area contributed by atoms with Crippen molar-refractivity contribution in [3.8, 4) is 6.07 Å². The molecule has 0 saturated heterocycles. The summed E-state index contributed by atoms with van der Waals surface area (Å²) in [5, 5.41) is 13.1. The second kappa shape index (κ2) is 8.98. The molecule has 8 heteroatoms. The lowest BCUT2D eigenvalue weighted by Gasteiger charge is -2.02. The maximum atomic E-state index is 13.0. The van der Waals surface area contributed by atoms with Gasteiger partial charge in [0.1, 0.15) is 17.5 Å². The zero-order valence-electron chi connectivity index (χ0n) is 14.2. The van der Waals surface area contributed by atoms with Gasteiger partial charge >= 0.3 is 0 Å². The van der Waals surface area contributed by atoms with Crippen LogP contribution in [0.25, 0.3) is 6.08 Å². The average Bonchev–Trinajstić information content (AvgIpc) is 3.09. The van der Waals surface area contributed by atoms with E-state index in [1.165, 1.54) is 35.6 Å². The van der Waals surface area contributed by atoms with Gasteiger partial charge < -0.3 is 0 Å². The summed E-state index contributed by atoms with van der Waals surface area (Å²) in [4.78, 5) is 17.4. The number of nitriles is 1. The highest BCUT2D eigenvalue weighted by atomic mass is 35.5. The van der Waals surface area contributed by atoms with Crippen molar-refractivity contribution in [3.05, 3.63) is 86.1 Å². The molecular weight excluding hydrogens is 420 g/mol. The van der Waals surface area contributed by atoms with Crippen LogP contribution in [0.1, 0.15) is 16.0 Å². The third-order valence-corrected chi connectivity index (χ3v) is 5.17. The van der Waals surface area contributed by atoms with Gasteiger partial charge in [-0.2, -0.15) is 5.26 Å². The van der Waals surface area contributed by atoms with E-state index in [0.29, 0.717) is 27.2 Å². The van der Waals surface area contributed by atoms with Crippen molar-refractivity contribution in [1.82, 2.24) is 4.98 Å². The lowest BCUT2D eigenvalue weighted by atomic mass is 10.1. The fourth-order valence-electron chi connectivity index (χ4n) is 2.34. The molecule has 0 aliphatic heterocycles. The van der Waals surface area contributed by atoms with Crippen LogP contribution in [-0.2, 0) is 11.2 Å². The number of hydrogen-bond donors (Lipinski definition) is 1. The van der Waals surface area contributed by atoms with Gasteiger partial charge in [0.25, 0.3) is 5.91 Å². The van der Waals surface area contributed by atoms with Gasteiger partial charge in [-0.1, -0.05) is 41.4 Å². The van der Waals surface area contributed by atoms with E-state index < -0.39 is 5.91 Å². The molecule has 0 unspecified atom stereocenters. The molecule has 0 saturated carbocycles. The number of nitrogens with zero attached hydrogens (tertiary/aromatic N) is 2. The molecule has 0 aliphatic carbocycles. The smallest absolute Gasteiger partial charge is 0.268 e. The zero-order valence-corrected chi connectivity index (χ0v) is 16.6.